The van der Waals surface area contributed by atoms with Crippen molar-refractivity contribution < 1.29 is 19.4 Å². The van der Waals surface area contributed by atoms with Crippen LogP contribution in [0.4, 0.5) is 0 Å². The van der Waals surface area contributed by atoms with E-state index in [1.807, 2.05) is 12.1 Å². The quantitative estimate of drug-likeness (QED) is 0.828. The molecule has 148 valence electrons. The van der Waals surface area contributed by atoms with Gasteiger partial charge < -0.3 is 14.7 Å². The van der Waals surface area contributed by atoms with E-state index in [0.29, 0.717) is 12.5 Å². The van der Waals surface area contributed by atoms with Crippen LogP contribution in [0, 0.1) is 5.92 Å². The maximum absolute atomic E-state index is 12.8. The zero-order chi connectivity index (χ0) is 19.2. The fourth-order valence-corrected chi connectivity index (χ4v) is 4.31. The number of ether oxygens (including phenoxy) is 1. The van der Waals surface area contributed by atoms with Gasteiger partial charge in [-0.25, -0.2) is 0 Å². The lowest BCUT2D eigenvalue weighted by Crippen LogP contribution is -2.51. The molecule has 0 radical (unpaired) electrons. The maximum Gasteiger partial charge on any atom is 0.323 e. The lowest BCUT2D eigenvalue weighted by molar-refractivity contribution is -0.146. The minimum atomic E-state index is -0.929. The van der Waals surface area contributed by atoms with Crippen molar-refractivity contribution in [3.05, 3.63) is 29.8 Å². The maximum atomic E-state index is 12.8. The van der Waals surface area contributed by atoms with Gasteiger partial charge in [0.2, 0.25) is 5.91 Å². The Morgan fingerprint density at radius 3 is 2.44 bits per heavy atom. The van der Waals surface area contributed by atoms with Crippen molar-refractivity contribution in [1.82, 2.24) is 9.80 Å². The van der Waals surface area contributed by atoms with Crippen LogP contribution in [0.25, 0.3) is 0 Å². The third-order valence-corrected chi connectivity index (χ3v) is 5.85. The molecule has 0 spiro atoms. The Morgan fingerprint density at radius 2 is 1.81 bits per heavy atom. The predicted molar refractivity (Wildman–Crippen MR) is 103 cm³/mol. The number of carbonyl (C=O) groups is 2. The number of carboxylic acids is 1. The van der Waals surface area contributed by atoms with E-state index in [9.17, 15) is 9.59 Å². The standard InChI is InChI=1S/C21H30N2O4/c1-27-18-7-5-16(6-8-18)14-17-9-12-22(13-10-17)19-4-2-3-11-23(21(19)26)15-20(24)25/h5-8,17,19H,2-4,9-15H2,1H3,(H,24,25). The van der Waals surface area contributed by atoms with E-state index in [1.165, 1.54) is 10.5 Å². The summed E-state index contributed by atoms with van der Waals surface area (Å²) in [5.74, 6) is 0.586. The van der Waals surface area contributed by atoms with Crippen molar-refractivity contribution in [3.63, 3.8) is 0 Å². The number of amides is 1. The summed E-state index contributed by atoms with van der Waals surface area (Å²) in [5, 5.41) is 9.06. The summed E-state index contributed by atoms with van der Waals surface area (Å²) in [6, 6.07) is 8.12. The zero-order valence-corrected chi connectivity index (χ0v) is 16.1. The topological polar surface area (TPSA) is 70.1 Å². The van der Waals surface area contributed by atoms with Crippen molar-refractivity contribution in [3.8, 4) is 5.75 Å². The molecule has 27 heavy (non-hydrogen) atoms. The summed E-state index contributed by atoms with van der Waals surface area (Å²) in [7, 11) is 1.68. The first-order valence-electron chi connectivity index (χ1n) is 9.94. The molecule has 6 heteroatoms. The summed E-state index contributed by atoms with van der Waals surface area (Å²) in [6.45, 7) is 2.22. The molecule has 0 aliphatic carbocycles. The molecule has 1 aromatic carbocycles. The molecule has 6 nitrogen and oxygen atoms in total. The zero-order valence-electron chi connectivity index (χ0n) is 16.1. The fourth-order valence-electron chi connectivity index (χ4n) is 4.31. The normalized spacial score (nSPS) is 22.5. The van der Waals surface area contributed by atoms with Crippen LogP contribution in [-0.4, -0.2) is 66.1 Å². The highest BCUT2D eigenvalue weighted by Gasteiger charge is 2.34. The molecule has 2 fully saturated rings. The molecular formula is C21H30N2O4. The van der Waals surface area contributed by atoms with Gasteiger partial charge >= 0.3 is 5.97 Å². The van der Waals surface area contributed by atoms with Crippen molar-refractivity contribution in [1.29, 1.82) is 0 Å². The van der Waals surface area contributed by atoms with Crippen LogP contribution in [0.15, 0.2) is 24.3 Å². The number of carbonyl (C=O) groups excluding carboxylic acids is 1. The van der Waals surface area contributed by atoms with Crippen LogP contribution in [0.5, 0.6) is 5.75 Å². The Balaban J connectivity index is 1.54. The molecule has 1 N–H and O–H groups in total. The van der Waals surface area contributed by atoms with Crippen LogP contribution in [0.3, 0.4) is 0 Å². The molecule has 0 bridgehead atoms. The number of benzene rings is 1. The molecule has 1 aromatic rings. The summed E-state index contributed by atoms with van der Waals surface area (Å²) in [5.41, 5.74) is 1.33. The van der Waals surface area contributed by atoms with E-state index in [0.717, 1.165) is 57.4 Å². The summed E-state index contributed by atoms with van der Waals surface area (Å²) < 4.78 is 5.21. The van der Waals surface area contributed by atoms with E-state index in [1.54, 1.807) is 7.11 Å². The monoisotopic (exact) mass is 374 g/mol. The van der Waals surface area contributed by atoms with Crippen LogP contribution in [0.1, 0.15) is 37.7 Å². The first-order valence-corrected chi connectivity index (χ1v) is 9.94. The first kappa shape index (κ1) is 19.7. The first-order chi connectivity index (χ1) is 13.1. The molecule has 0 saturated carbocycles. The lowest BCUT2D eigenvalue weighted by Gasteiger charge is -2.37. The molecule has 1 atom stereocenters. The molecular weight excluding hydrogens is 344 g/mol. The molecule has 0 aromatic heterocycles. The summed E-state index contributed by atoms with van der Waals surface area (Å²) >= 11 is 0. The lowest BCUT2D eigenvalue weighted by atomic mass is 9.89. The second kappa shape index (κ2) is 9.22. The molecule has 3 rings (SSSR count). The van der Waals surface area contributed by atoms with Crippen molar-refractivity contribution in [2.75, 3.05) is 33.3 Å². The van der Waals surface area contributed by atoms with E-state index in [2.05, 4.69) is 17.0 Å². The Labute approximate surface area is 161 Å². The number of aliphatic carboxylic acids is 1. The van der Waals surface area contributed by atoms with Gasteiger partial charge in [0.1, 0.15) is 12.3 Å². The number of methoxy groups -OCH3 is 1. The smallest absolute Gasteiger partial charge is 0.323 e. The van der Waals surface area contributed by atoms with Gasteiger partial charge in [0, 0.05) is 6.54 Å². The van der Waals surface area contributed by atoms with E-state index >= 15 is 0 Å². The van der Waals surface area contributed by atoms with Crippen molar-refractivity contribution >= 4 is 11.9 Å². The minimum Gasteiger partial charge on any atom is -0.497 e. The highest BCUT2D eigenvalue weighted by molar-refractivity contribution is 5.85. The molecule has 1 unspecified atom stereocenters. The Morgan fingerprint density at radius 1 is 1.11 bits per heavy atom. The van der Waals surface area contributed by atoms with E-state index < -0.39 is 5.97 Å². The second-order valence-electron chi connectivity index (χ2n) is 7.70. The number of rotatable bonds is 6. The van der Waals surface area contributed by atoms with Gasteiger partial charge in [-0.2, -0.15) is 0 Å². The van der Waals surface area contributed by atoms with Crippen molar-refractivity contribution in [2.45, 2.75) is 44.6 Å². The SMILES string of the molecule is COc1ccc(CC2CCN(C3CCCCN(CC(=O)O)C3=O)CC2)cc1. The van der Waals surface area contributed by atoms with Gasteiger partial charge in [0.15, 0.2) is 0 Å². The summed E-state index contributed by atoms with van der Waals surface area (Å²) in [6.07, 6.45) is 5.94. The fraction of sp³-hybridized carbons (Fsp3) is 0.619. The van der Waals surface area contributed by atoms with Gasteiger partial charge in [-0.3, -0.25) is 14.5 Å². The number of piperidine rings is 1. The molecule has 2 saturated heterocycles. The largest absolute Gasteiger partial charge is 0.497 e. The van der Waals surface area contributed by atoms with Crippen LogP contribution >= 0.6 is 0 Å². The number of likely N-dealkylation sites (tertiary alicyclic amines) is 2. The Hall–Kier alpha value is -2.08. The van der Waals surface area contributed by atoms with Gasteiger partial charge in [-0.1, -0.05) is 12.1 Å². The van der Waals surface area contributed by atoms with Gasteiger partial charge in [0.05, 0.1) is 13.2 Å². The Bertz CT molecular complexity index is 638. The third kappa shape index (κ3) is 5.22. The average Bonchev–Trinajstić information content (AvgIpc) is 2.85. The van der Waals surface area contributed by atoms with Crippen LogP contribution in [-0.2, 0) is 16.0 Å². The number of nitrogens with zero attached hydrogens (tertiary/aromatic N) is 2. The predicted octanol–water partition coefficient (Wildman–Crippen LogP) is 2.42. The second-order valence-corrected chi connectivity index (χ2v) is 7.70. The molecule has 1 amide bonds. The highest BCUT2D eigenvalue weighted by Crippen LogP contribution is 2.26. The van der Waals surface area contributed by atoms with E-state index in [-0.39, 0.29) is 18.5 Å². The van der Waals surface area contributed by atoms with Gasteiger partial charge in [-0.05, 0) is 75.2 Å². The molecule has 2 aliphatic heterocycles. The summed E-state index contributed by atoms with van der Waals surface area (Å²) in [4.78, 5) is 27.7. The van der Waals surface area contributed by atoms with E-state index in [4.69, 9.17) is 9.84 Å². The molecule has 2 aliphatic rings. The number of carboxylic acid groups (broad SMARTS) is 1. The van der Waals surface area contributed by atoms with Gasteiger partial charge in [-0.15, -0.1) is 0 Å². The highest BCUT2D eigenvalue weighted by atomic mass is 16.5. The van der Waals surface area contributed by atoms with Gasteiger partial charge in [0.25, 0.3) is 0 Å². The average molecular weight is 374 g/mol. The number of hydrogen-bond acceptors (Lipinski definition) is 4. The molecule has 2 heterocycles. The van der Waals surface area contributed by atoms with Crippen LogP contribution < -0.4 is 4.74 Å². The Kier molecular flexibility index (Phi) is 6.72. The van der Waals surface area contributed by atoms with Crippen LogP contribution in [0.2, 0.25) is 0 Å². The number of hydrogen-bond donors (Lipinski definition) is 1. The minimum absolute atomic E-state index is 0.00324. The third-order valence-electron chi connectivity index (χ3n) is 5.85. The van der Waals surface area contributed by atoms with Crippen molar-refractivity contribution in [2.24, 2.45) is 5.92 Å².